The maximum absolute atomic E-state index is 9.18. The lowest BCUT2D eigenvalue weighted by Crippen LogP contribution is -1.99. The summed E-state index contributed by atoms with van der Waals surface area (Å²) in [6.45, 7) is 2.96. The molecule has 2 aromatic rings. The van der Waals surface area contributed by atoms with Crippen molar-refractivity contribution in [1.82, 2.24) is 0 Å². The van der Waals surface area contributed by atoms with Gasteiger partial charge in [-0.2, -0.15) is 0 Å². The number of hydrogen-bond acceptors (Lipinski definition) is 2. The van der Waals surface area contributed by atoms with Crippen LogP contribution in [0.4, 0.5) is 5.69 Å². The van der Waals surface area contributed by atoms with Gasteiger partial charge < -0.3 is 10.4 Å². The van der Waals surface area contributed by atoms with Gasteiger partial charge >= 0.3 is 0 Å². The maximum Gasteiger partial charge on any atom is 0.115 e. The summed E-state index contributed by atoms with van der Waals surface area (Å²) in [6.07, 6.45) is 1.06. The van der Waals surface area contributed by atoms with Gasteiger partial charge in [0.25, 0.3) is 0 Å². The maximum atomic E-state index is 9.18. The fourth-order valence-corrected chi connectivity index (χ4v) is 1.74. The number of aryl methyl sites for hydroxylation is 1. The minimum absolute atomic E-state index is 0.295. The molecule has 0 aliphatic rings. The molecule has 0 bridgehead atoms. The summed E-state index contributed by atoms with van der Waals surface area (Å²) in [4.78, 5) is 0. The van der Waals surface area contributed by atoms with Crippen LogP contribution in [0.1, 0.15) is 18.1 Å². The number of rotatable bonds is 4. The molecule has 2 heteroatoms. The summed E-state index contributed by atoms with van der Waals surface area (Å²) in [6, 6.07) is 15.7. The first-order valence-electron chi connectivity index (χ1n) is 5.88. The van der Waals surface area contributed by atoms with Crippen molar-refractivity contribution in [2.24, 2.45) is 0 Å². The summed E-state index contributed by atoms with van der Waals surface area (Å²) in [5, 5.41) is 12.5. The Balaban J connectivity index is 1.99. The highest BCUT2D eigenvalue weighted by atomic mass is 16.3. The average Bonchev–Trinajstić information content (AvgIpc) is 2.38. The highest BCUT2D eigenvalue weighted by Gasteiger charge is 1.96. The zero-order valence-electron chi connectivity index (χ0n) is 9.98. The Morgan fingerprint density at radius 1 is 1.00 bits per heavy atom. The number of nitrogens with one attached hydrogen (secondary N) is 1. The number of aromatic hydroxyl groups is 1. The molecule has 0 atom stereocenters. The molecule has 2 rings (SSSR count). The first kappa shape index (κ1) is 11.5. The number of hydrogen-bond donors (Lipinski definition) is 2. The van der Waals surface area contributed by atoms with Gasteiger partial charge in [-0.05, 0) is 41.8 Å². The molecular formula is C15H17NO. The quantitative estimate of drug-likeness (QED) is 0.783. The number of phenols is 1. The standard InChI is InChI=1S/C15H17NO/c1-2-12-4-3-5-13(10-12)11-16-14-6-8-15(17)9-7-14/h3-10,16-17H,2,11H2,1H3. The van der Waals surface area contributed by atoms with Crippen LogP contribution in [0.3, 0.4) is 0 Å². The van der Waals surface area contributed by atoms with Gasteiger partial charge in [-0.3, -0.25) is 0 Å². The van der Waals surface area contributed by atoms with Crippen LogP contribution in [-0.2, 0) is 13.0 Å². The van der Waals surface area contributed by atoms with Gasteiger partial charge in [0.2, 0.25) is 0 Å². The number of anilines is 1. The molecule has 17 heavy (non-hydrogen) atoms. The molecule has 0 saturated carbocycles. The van der Waals surface area contributed by atoms with E-state index in [9.17, 15) is 5.11 Å². The predicted octanol–water partition coefficient (Wildman–Crippen LogP) is 3.57. The van der Waals surface area contributed by atoms with E-state index in [0.29, 0.717) is 5.75 Å². The van der Waals surface area contributed by atoms with Gasteiger partial charge in [0.05, 0.1) is 0 Å². The largest absolute Gasteiger partial charge is 0.508 e. The van der Waals surface area contributed by atoms with Crippen LogP contribution in [0.15, 0.2) is 48.5 Å². The van der Waals surface area contributed by atoms with Gasteiger partial charge in [0.1, 0.15) is 5.75 Å². The fraction of sp³-hybridized carbons (Fsp3) is 0.200. The third-order valence-electron chi connectivity index (χ3n) is 2.76. The van der Waals surface area contributed by atoms with Crippen LogP contribution >= 0.6 is 0 Å². The Hall–Kier alpha value is -1.96. The van der Waals surface area contributed by atoms with Gasteiger partial charge in [-0.1, -0.05) is 31.2 Å². The highest BCUT2D eigenvalue weighted by Crippen LogP contribution is 2.15. The van der Waals surface area contributed by atoms with Gasteiger partial charge in [0, 0.05) is 12.2 Å². The Labute approximate surface area is 102 Å². The van der Waals surface area contributed by atoms with E-state index in [1.807, 2.05) is 12.1 Å². The summed E-state index contributed by atoms with van der Waals surface area (Å²) in [7, 11) is 0. The van der Waals surface area contributed by atoms with E-state index in [1.165, 1.54) is 11.1 Å². The molecule has 0 aromatic heterocycles. The van der Waals surface area contributed by atoms with E-state index >= 15 is 0 Å². The zero-order chi connectivity index (χ0) is 12.1. The van der Waals surface area contributed by atoms with Crippen molar-refractivity contribution in [2.45, 2.75) is 19.9 Å². The lowest BCUT2D eigenvalue weighted by Gasteiger charge is -2.07. The summed E-state index contributed by atoms with van der Waals surface area (Å²) in [5.41, 5.74) is 3.65. The van der Waals surface area contributed by atoms with Gasteiger partial charge in [-0.15, -0.1) is 0 Å². The molecule has 0 saturated heterocycles. The third-order valence-corrected chi connectivity index (χ3v) is 2.76. The average molecular weight is 227 g/mol. The van der Waals surface area contributed by atoms with Crippen molar-refractivity contribution >= 4 is 5.69 Å². The van der Waals surface area contributed by atoms with Crippen molar-refractivity contribution < 1.29 is 5.11 Å². The topological polar surface area (TPSA) is 32.3 Å². The second-order valence-electron chi connectivity index (χ2n) is 4.07. The second kappa shape index (κ2) is 5.39. The van der Waals surface area contributed by atoms with E-state index in [1.54, 1.807) is 12.1 Å². The van der Waals surface area contributed by atoms with Crippen LogP contribution in [0.2, 0.25) is 0 Å². The molecule has 0 aliphatic carbocycles. The molecule has 0 spiro atoms. The molecular weight excluding hydrogens is 210 g/mol. The first-order valence-corrected chi connectivity index (χ1v) is 5.88. The van der Waals surface area contributed by atoms with E-state index in [4.69, 9.17) is 0 Å². The fourth-order valence-electron chi connectivity index (χ4n) is 1.74. The Morgan fingerprint density at radius 2 is 1.71 bits per heavy atom. The second-order valence-corrected chi connectivity index (χ2v) is 4.07. The van der Waals surface area contributed by atoms with Crippen LogP contribution in [0, 0.1) is 0 Å². The molecule has 88 valence electrons. The van der Waals surface area contributed by atoms with Crippen molar-refractivity contribution in [3.8, 4) is 5.75 Å². The zero-order valence-corrected chi connectivity index (χ0v) is 9.98. The Kier molecular flexibility index (Phi) is 3.66. The minimum Gasteiger partial charge on any atom is -0.508 e. The van der Waals surface area contributed by atoms with Crippen molar-refractivity contribution in [3.05, 3.63) is 59.7 Å². The van der Waals surface area contributed by atoms with E-state index in [-0.39, 0.29) is 0 Å². The predicted molar refractivity (Wildman–Crippen MR) is 71.3 cm³/mol. The molecule has 0 fully saturated rings. The van der Waals surface area contributed by atoms with Gasteiger partial charge in [-0.25, -0.2) is 0 Å². The SMILES string of the molecule is CCc1cccc(CNc2ccc(O)cc2)c1. The molecule has 0 aliphatic heterocycles. The normalized spacial score (nSPS) is 10.2. The van der Waals surface area contributed by atoms with Crippen LogP contribution in [-0.4, -0.2) is 5.11 Å². The molecule has 0 radical (unpaired) electrons. The molecule has 2 aromatic carbocycles. The number of phenolic OH excluding ortho intramolecular Hbond substituents is 1. The van der Waals surface area contributed by atoms with Crippen molar-refractivity contribution in [2.75, 3.05) is 5.32 Å². The molecule has 2 nitrogen and oxygen atoms in total. The van der Waals surface area contributed by atoms with Crippen LogP contribution in [0.25, 0.3) is 0 Å². The van der Waals surface area contributed by atoms with Crippen molar-refractivity contribution in [3.63, 3.8) is 0 Å². The minimum atomic E-state index is 0.295. The van der Waals surface area contributed by atoms with E-state index in [0.717, 1.165) is 18.7 Å². The summed E-state index contributed by atoms with van der Waals surface area (Å²) < 4.78 is 0. The smallest absolute Gasteiger partial charge is 0.115 e. The summed E-state index contributed by atoms with van der Waals surface area (Å²) in [5.74, 6) is 0.295. The Bertz CT molecular complexity index is 477. The molecule has 2 N–H and O–H groups in total. The summed E-state index contributed by atoms with van der Waals surface area (Å²) >= 11 is 0. The molecule has 0 unspecified atom stereocenters. The lowest BCUT2D eigenvalue weighted by atomic mass is 10.1. The van der Waals surface area contributed by atoms with E-state index < -0.39 is 0 Å². The van der Waals surface area contributed by atoms with E-state index in [2.05, 4.69) is 36.5 Å². The monoisotopic (exact) mass is 227 g/mol. The Morgan fingerprint density at radius 3 is 2.41 bits per heavy atom. The van der Waals surface area contributed by atoms with Gasteiger partial charge in [0.15, 0.2) is 0 Å². The van der Waals surface area contributed by atoms with Crippen LogP contribution in [0.5, 0.6) is 5.75 Å². The number of benzene rings is 2. The molecule has 0 amide bonds. The molecule has 0 heterocycles. The van der Waals surface area contributed by atoms with Crippen LogP contribution < -0.4 is 5.32 Å². The van der Waals surface area contributed by atoms with Crippen molar-refractivity contribution in [1.29, 1.82) is 0 Å². The third kappa shape index (κ3) is 3.25. The highest BCUT2D eigenvalue weighted by molar-refractivity contribution is 5.46. The first-order chi connectivity index (χ1) is 8.28. The lowest BCUT2D eigenvalue weighted by molar-refractivity contribution is 0.475.